The van der Waals surface area contributed by atoms with E-state index in [0.29, 0.717) is 21.0 Å². The van der Waals surface area contributed by atoms with Gasteiger partial charge in [0.05, 0.1) is 0 Å². The maximum Gasteiger partial charge on any atom is 0.504 e. The fourth-order valence-corrected chi connectivity index (χ4v) is 12.0. The molecule has 0 heterocycles. The number of hydrogen-bond acceptors (Lipinski definition) is 3. The average molecular weight is 289 g/mol. The van der Waals surface area contributed by atoms with Crippen LogP contribution in [0.2, 0.25) is 19.6 Å². The lowest BCUT2D eigenvalue weighted by Crippen LogP contribution is -2.60. The van der Waals surface area contributed by atoms with Gasteiger partial charge in [-0.15, -0.1) is 0 Å². The summed E-state index contributed by atoms with van der Waals surface area (Å²) in [5.74, 6) is 0. The van der Waals surface area contributed by atoms with Crippen molar-refractivity contribution in [2.75, 3.05) is 0 Å². The zero-order valence-electron chi connectivity index (χ0n) is 10.6. The minimum Gasteiger partial charge on any atom is -0.422 e. The van der Waals surface area contributed by atoms with Crippen LogP contribution in [0.1, 0.15) is 0 Å². The van der Waals surface area contributed by atoms with Gasteiger partial charge in [0.15, 0.2) is 8.32 Å². The molecule has 0 aromatic heterocycles. The van der Waals surface area contributed by atoms with Crippen molar-refractivity contribution in [1.82, 2.24) is 0 Å². The summed E-state index contributed by atoms with van der Waals surface area (Å²) < 4.78 is 17.7. The molecule has 90 valence electrons. The third kappa shape index (κ3) is 3.48. The SMILES string of the molecule is C[Si](C)(C)O[Si](O[SiH3])(O[SiH3])c1ccccc1. The molecule has 0 bridgehead atoms. The summed E-state index contributed by atoms with van der Waals surface area (Å²) in [6.07, 6.45) is 0. The monoisotopic (exact) mass is 288 g/mol. The molecule has 1 aromatic rings. The van der Waals surface area contributed by atoms with E-state index in [0.717, 1.165) is 5.19 Å². The molecule has 0 amide bonds. The van der Waals surface area contributed by atoms with Crippen LogP contribution in [0.25, 0.3) is 0 Å². The Morgan fingerprint density at radius 2 is 1.44 bits per heavy atom. The van der Waals surface area contributed by atoms with E-state index in [1.165, 1.54) is 0 Å². The minimum atomic E-state index is -2.57. The molecule has 0 aliphatic rings. The second-order valence-corrected chi connectivity index (χ2v) is 14.5. The Bertz CT molecular complexity index is 321. The lowest BCUT2D eigenvalue weighted by molar-refractivity contribution is 0.301. The van der Waals surface area contributed by atoms with Crippen LogP contribution in [0, 0.1) is 0 Å². The van der Waals surface area contributed by atoms with E-state index in [2.05, 4.69) is 19.6 Å². The second-order valence-electron chi connectivity index (χ2n) is 4.54. The van der Waals surface area contributed by atoms with E-state index in [1.807, 2.05) is 30.3 Å². The molecule has 0 aliphatic carbocycles. The van der Waals surface area contributed by atoms with Crippen molar-refractivity contribution < 1.29 is 12.3 Å². The van der Waals surface area contributed by atoms with Gasteiger partial charge in [-0.1, -0.05) is 30.3 Å². The normalized spacial score (nSPS) is 16.2. The summed E-state index contributed by atoms with van der Waals surface area (Å²) >= 11 is 0. The Kier molecular flexibility index (Phi) is 4.85. The highest BCUT2D eigenvalue weighted by molar-refractivity contribution is 6.88. The van der Waals surface area contributed by atoms with E-state index in [-0.39, 0.29) is 0 Å². The van der Waals surface area contributed by atoms with Crippen LogP contribution < -0.4 is 5.19 Å². The van der Waals surface area contributed by atoms with E-state index in [9.17, 15) is 0 Å². The van der Waals surface area contributed by atoms with Gasteiger partial charge in [0.1, 0.15) is 21.0 Å². The van der Waals surface area contributed by atoms with Gasteiger partial charge in [0.25, 0.3) is 0 Å². The molecule has 0 atom stereocenters. The molecule has 0 unspecified atom stereocenters. The maximum absolute atomic E-state index is 6.21. The molecule has 0 radical (unpaired) electrons. The lowest BCUT2D eigenvalue weighted by Gasteiger charge is -2.34. The summed E-state index contributed by atoms with van der Waals surface area (Å²) in [6, 6.07) is 10.1. The van der Waals surface area contributed by atoms with Crippen molar-refractivity contribution in [3.63, 3.8) is 0 Å². The largest absolute Gasteiger partial charge is 0.504 e. The van der Waals surface area contributed by atoms with Gasteiger partial charge in [-0.2, -0.15) is 0 Å². The van der Waals surface area contributed by atoms with Crippen LogP contribution in [-0.2, 0) is 12.3 Å². The Morgan fingerprint density at radius 1 is 0.938 bits per heavy atom. The van der Waals surface area contributed by atoms with Crippen LogP contribution in [0.5, 0.6) is 0 Å². The summed E-state index contributed by atoms with van der Waals surface area (Å²) in [5.41, 5.74) is 0. The highest BCUT2D eigenvalue weighted by Crippen LogP contribution is 2.15. The Labute approximate surface area is 106 Å². The van der Waals surface area contributed by atoms with Crippen LogP contribution in [0.15, 0.2) is 30.3 Å². The number of rotatable bonds is 5. The minimum absolute atomic E-state index is 0.640. The molecule has 16 heavy (non-hydrogen) atoms. The predicted octanol–water partition coefficient (Wildman–Crippen LogP) is -0.722. The standard InChI is InChI=1S/C9H20O3Si4/c1-15(2,3)12-16(10-13,11-14)9-7-5-4-6-8-9/h4-8H,1-3,13-14H3. The molecule has 1 aromatic carbocycles. The van der Waals surface area contributed by atoms with Gasteiger partial charge in [-0.05, 0) is 19.6 Å². The molecule has 0 N–H and O–H groups in total. The quantitative estimate of drug-likeness (QED) is 0.669. The summed E-state index contributed by atoms with van der Waals surface area (Å²) in [7, 11) is -2.95. The topological polar surface area (TPSA) is 27.7 Å². The van der Waals surface area contributed by atoms with Gasteiger partial charge in [-0.25, -0.2) is 0 Å². The molecule has 0 saturated heterocycles. The van der Waals surface area contributed by atoms with Gasteiger partial charge in [-0.3, -0.25) is 0 Å². The first kappa shape index (κ1) is 14.0. The Morgan fingerprint density at radius 3 is 1.81 bits per heavy atom. The maximum atomic E-state index is 6.21. The fraction of sp³-hybridized carbons (Fsp3) is 0.333. The van der Waals surface area contributed by atoms with E-state index in [4.69, 9.17) is 12.3 Å². The summed E-state index contributed by atoms with van der Waals surface area (Å²) in [4.78, 5) is 0. The zero-order valence-corrected chi connectivity index (χ0v) is 16.6. The Hall–Kier alpha value is -0.0325. The van der Waals surface area contributed by atoms with Crippen molar-refractivity contribution in [3.8, 4) is 0 Å². The lowest BCUT2D eigenvalue weighted by atomic mass is 10.4. The molecule has 0 fully saturated rings. The third-order valence-corrected chi connectivity index (χ3v) is 11.0. The van der Waals surface area contributed by atoms with Crippen molar-refractivity contribution in [2.45, 2.75) is 19.6 Å². The molecular formula is C9H20O3Si4. The van der Waals surface area contributed by atoms with Gasteiger partial charge in [0, 0.05) is 5.19 Å². The first-order valence-electron chi connectivity index (χ1n) is 5.29. The fourth-order valence-electron chi connectivity index (χ4n) is 1.51. The molecule has 7 heteroatoms. The average Bonchev–Trinajstić information content (AvgIpc) is 2.26. The number of hydrogen-bond donors (Lipinski definition) is 0. The molecular weight excluding hydrogens is 268 g/mol. The van der Waals surface area contributed by atoms with Crippen LogP contribution in [0.3, 0.4) is 0 Å². The smallest absolute Gasteiger partial charge is 0.422 e. The zero-order chi connectivity index (χ0) is 12.2. The van der Waals surface area contributed by atoms with E-state index < -0.39 is 17.1 Å². The molecule has 3 nitrogen and oxygen atoms in total. The van der Waals surface area contributed by atoms with Crippen LogP contribution in [0.4, 0.5) is 0 Å². The van der Waals surface area contributed by atoms with Crippen LogP contribution >= 0.6 is 0 Å². The van der Waals surface area contributed by atoms with Gasteiger partial charge in [0.2, 0.25) is 0 Å². The second kappa shape index (κ2) is 5.54. The molecule has 0 saturated carbocycles. The molecule has 0 spiro atoms. The molecule has 1 rings (SSSR count). The van der Waals surface area contributed by atoms with Crippen molar-refractivity contribution in [3.05, 3.63) is 30.3 Å². The third-order valence-electron chi connectivity index (χ3n) is 2.11. The van der Waals surface area contributed by atoms with E-state index >= 15 is 0 Å². The summed E-state index contributed by atoms with van der Waals surface area (Å²) in [6.45, 7) is 6.50. The predicted molar refractivity (Wildman–Crippen MR) is 78.3 cm³/mol. The Balaban J connectivity index is 3.06. The number of benzene rings is 1. The highest BCUT2D eigenvalue weighted by Gasteiger charge is 2.43. The van der Waals surface area contributed by atoms with Crippen molar-refractivity contribution in [1.29, 1.82) is 0 Å². The van der Waals surface area contributed by atoms with E-state index in [1.54, 1.807) is 0 Å². The van der Waals surface area contributed by atoms with Gasteiger partial charge >= 0.3 is 8.80 Å². The first-order chi connectivity index (χ1) is 7.43. The van der Waals surface area contributed by atoms with Crippen LogP contribution in [-0.4, -0.2) is 38.1 Å². The van der Waals surface area contributed by atoms with Crippen molar-refractivity contribution >= 4 is 43.3 Å². The first-order valence-corrected chi connectivity index (χ1v) is 12.1. The van der Waals surface area contributed by atoms with Crippen molar-refractivity contribution in [2.24, 2.45) is 0 Å². The summed E-state index contributed by atoms with van der Waals surface area (Å²) in [5, 5.41) is 1.09. The van der Waals surface area contributed by atoms with Gasteiger partial charge < -0.3 is 12.3 Å². The highest BCUT2D eigenvalue weighted by atomic mass is 28.5. The molecule has 0 aliphatic heterocycles.